The lowest BCUT2D eigenvalue weighted by Crippen LogP contribution is -2.22. The molecule has 0 atom stereocenters. The van der Waals surface area contributed by atoms with E-state index in [2.05, 4.69) is 11.9 Å². The molecular weight excluding hydrogens is 218 g/mol. The molecule has 1 heterocycles. The molecule has 0 unspecified atom stereocenters. The maximum Gasteiger partial charge on any atom is 0.296 e. The fourth-order valence-corrected chi connectivity index (χ4v) is 1.81. The summed E-state index contributed by atoms with van der Waals surface area (Å²) in [7, 11) is 0. The average molecular weight is 231 g/mol. The first-order valence-electron chi connectivity index (χ1n) is 5.51. The lowest BCUT2D eigenvalue weighted by molar-refractivity contribution is 0.481. The monoisotopic (exact) mass is 231 g/mol. The third kappa shape index (κ3) is 2.20. The Morgan fingerprint density at radius 1 is 1.24 bits per heavy atom. The van der Waals surface area contributed by atoms with E-state index in [9.17, 15) is 14.7 Å². The number of fused-ring (bicyclic) bond motifs is 1. The normalized spacial score (nSPS) is 10.6. The third-order valence-electron chi connectivity index (χ3n) is 2.64. The molecule has 88 valence electrons. The summed E-state index contributed by atoms with van der Waals surface area (Å²) in [6.45, 7) is 2.06. The van der Waals surface area contributed by atoms with Crippen molar-refractivity contribution >= 4 is 10.9 Å². The van der Waals surface area contributed by atoms with Crippen LogP contribution in [0.5, 0.6) is 5.75 Å². The molecule has 17 heavy (non-hydrogen) atoms. The summed E-state index contributed by atoms with van der Waals surface area (Å²) in [6.07, 6.45) is 1.88. The van der Waals surface area contributed by atoms with Gasteiger partial charge in [0.1, 0.15) is 5.75 Å². The maximum atomic E-state index is 11.4. The zero-order valence-corrected chi connectivity index (χ0v) is 9.49. The first kappa shape index (κ1) is 11.4. The molecular formula is C13H13NO3. The van der Waals surface area contributed by atoms with E-state index < -0.39 is 11.0 Å². The number of benzene rings is 1. The molecule has 2 aromatic rings. The Hall–Kier alpha value is -2.10. The molecule has 0 aliphatic heterocycles. The first-order valence-corrected chi connectivity index (χ1v) is 5.51. The van der Waals surface area contributed by atoms with Crippen molar-refractivity contribution in [3.63, 3.8) is 0 Å². The van der Waals surface area contributed by atoms with Gasteiger partial charge in [-0.1, -0.05) is 19.4 Å². The van der Waals surface area contributed by atoms with Crippen molar-refractivity contribution < 1.29 is 5.11 Å². The first-order chi connectivity index (χ1) is 8.11. The highest BCUT2D eigenvalue weighted by Crippen LogP contribution is 2.21. The van der Waals surface area contributed by atoms with E-state index in [-0.39, 0.29) is 5.75 Å². The number of rotatable bonds is 2. The second kappa shape index (κ2) is 4.41. The van der Waals surface area contributed by atoms with E-state index in [1.807, 2.05) is 6.07 Å². The van der Waals surface area contributed by atoms with Crippen LogP contribution in [-0.4, -0.2) is 10.1 Å². The van der Waals surface area contributed by atoms with Crippen molar-refractivity contribution in [3.05, 3.63) is 50.4 Å². The van der Waals surface area contributed by atoms with Gasteiger partial charge in [0, 0.05) is 11.5 Å². The fourth-order valence-electron chi connectivity index (χ4n) is 1.81. The minimum Gasteiger partial charge on any atom is -0.507 e. The van der Waals surface area contributed by atoms with E-state index >= 15 is 0 Å². The highest BCUT2D eigenvalue weighted by Gasteiger charge is 2.03. The Morgan fingerprint density at radius 3 is 2.71 bits per heavy atom. The molecule has 0 aliphatic rings. The largest absolute Gasteiger partial charge is 0.507 e. The zero-order valence-electron chi connectivity index (χ0n) is 9.49. The molecule has 0 fully saturated rings. The Morgan fingerprint density at radius 2 is 2.00 bits per heavy atom. The smallest absolute Gasteiger partial charge is 0.296 e. The molecule has 4 heteroatoms. The van der Waals surface area contributed by atoms with Gasteiger partial charge in [-0.05, 0) is 24.1 Å². The van der Waals surface area contributed by atoms with Crippen LogP contribution in [0.2, 0.25) is 0 Å². The summed E-state index contributed by atoms with van der Waals surface area (Å²) in [6, 6.07) is 6.33. The molecule has 2 rings (SSSR count). The molecule has 0 bridgehead atoms. The van der Waals surface area contributed by atoms with Crippen molar-refractivity contribution in [2.45, 2.75) is 19.8 Å². The van der Waals surface area contributed by atoms with Crippen molar-refractivity contribution in [2.24, 2.45) is 0 Å². The summed E-state index contributed by atoms with van der Waals surface area (Å²) in [5, 5.41) is 10.2. The molecule has 0 amide bonds. The number of nitrogens with one attached hydrogen (secondary N) is 1. The van der Waals surface area contributed by atoms with Crippen LogP contribution in [-0.2, 0) is 6.42 Å². The van der Waals surface area contributed by atoms with Crippen LogP contribution >= 0.6 is 0 Å². The predicted octanol–water partition coefficient (Wildman–Crippen LogP) is 1.55. The lowest BCUT2D eigenvalue weighted by Gasteiger charge is -2.00. The van der Waals surface area contributed by atoms with Crippen molar-refractivity contribution in [3.8, 4) is 5.75 Å². The van der Waals surface area contributed by atoms with Gasteiger partial charge >= 0.3 is 0 Å². The van der Waals surface area contributed by atoms with Gasteiger partial charge in [-0.25, -0.2) is 0 Å². The van der Waals surface area contributed by atoms with Crippen LogP contribution < -0.4 is 11.0 Å². The van der Waals surface area contributed by atoms with Gasteiger partial charge < -0.3 is 10.1 Å². The number of hydrogen-bond acceptors (Lipinski definition) is 3. The quantitative estimate of drug-likeness (QED) is 0.770. The summed E-state index contributed by atoms with van der Waals surface area (Å²) < 4.78 is 0. The van der Waals surface area contributed by atoms with Crippen LogP contribution in [0, 0.1) is 0 Å². The average Bonchev–Trinajstić information content (AvgIpc) is 2.38. The van der Waals surface area contributed by atoms with Gasteiger partial charge in [0.25, 0.3) is 5.56 Å². The molecule has 0 saturated heterocycles. The van der Waals surface area contributed by atoms with Crippen LogP contribution in [0.25, 0.3) is 10.9 Å². The standard InChI is InChI=1S/C13H13NO3/c1-2-3-8-4-5-9-10(6-8)14-13(17)12(16)7-11(9)15/h4-7,15H,2-3H2,1H3,(H,14,16,17). The van der Waals surface area contributed by atoms with Crippen molar-refractivity contribution in [1.82, 2.24) is 4.98 Å². The zero-order chi connectivity index (χ0) is 12.4. The van der Waals surface area contributed by atoms with E-state index in [0.29, 0.717) is 10.9 Å². The molecule has 0 spiro atoms. The number of aryl methyl sites for hydroxylation is 1. The van der Waals surface area contributed by atoms with Crippen LogP contribution in [0.4, 0.5) is 0 Å². The summed E-state index contributed by atoms with van der Waals surface area (Å²) in [5.74, 6) is -0.175. The third-order valence-corrected chi connectivity index (χ3v) is 2.64. The summed E-state index contributed by atoms with van der Waals surface area (Å²) in [4.78, 5) is 25.1. The lowest BCUT2D eigenvalue weighted by atomic mass is 10.1. The van der Waals surface area contributed by atoms with Crippen LogP contribution in [0.15, 0.2) is 33.9 Å². The molecule has 0 aliphatic carbocycles. The highest BCUT2D eigenvalue weighted by molar-refractivity contribution is 5.84. The minimum atomic E-state index is -0.740. The van der Waals surface area contributed by atoms with Crippen molar-refractivity contribution in [2.75, 3.05) is 0 Å². The van der Waals surface area contributed by atoms with Gasteiger partial charge in [-0.3, -0.25) is 9.59 Å². The predicted molar refractivity (Wildman–Crippen MR) is 66.5 cm³/mol. The molecule has 0 saturated carbocycles. The van der Waals surface area contributed by atoms with Gasteiger partial charge in [-0.15, -0.1) is 0 Å². The maximum absolute atomic E-state index is 11.4. The molecule has 2 N–H and O–H groups in total. The Bertz CT molecular complexity index is 673. The van der Waals surface area contributed by atoms with Gasteiger partial charge in [-0.2, -0.15) is 0 Å². The van der Waals surface area contributed by atoms with Crippen molar-refractivity contribution in [1.29, 1.82) is 0 Å². The molecule has 1 aromatic heterocycles. The molecule has 1 aromatic carbocycles. The molecule has 4 nitrogen and oxygen atoms in total. The topological polar surface area (TPSA) is 70.2 Å². The van der Waals surface area contributed by atoms with E-state index in [4.69, 9.17) is 0 Å². The van der Waals surface area contributed by atoms with Crippen LogP contribution in [0.1, 0.15) is 18.9 Å². The second-order valence-electron chi connectivity index (χ2n) is 3.98. The van der Waals surface area contributed by atoms with Crippen LogP contribution in [0.3, 0.4) is 0 Å². The Labute approximate surface area is 97.6 Å². The highest BCUT2D eigenvalue weighted by atomic mass is 16.3. The van der Waals surface area contributed by atoms with Gasteiger partial charge in [0.2, 0.25) is 5.43 Å². The number of aromatic amines is 1. The van der Waals surface area contributed by atoms with E-state index in [1.54, 1.807) is 12.1 Å². The van der Waals surface area contributed by atoms with Gasteiger partial charge in [0.15, 0.2) is 0 Å². The van der Waals surface area contributed by atoms with Gasteiger partial charge in [0.05, 0.1) is 5.52 Å². The molecule has 0 radical (unpaired) electrons. The summed E-state index contributed by atoms with van der Waals surface area (Å²) in [5.41, 5.74) is 0.0916. The van der Waals surface area contributed by atoms with E-state index in [0.717, 1.165) is 24.5 Å². The second-order valence-corrected chi connectivity index (χ2v) is 3.98. The minimum absolute atomic E-state index is 0.175. The SMILES string of the molecule is CCCc1ccc2c(O)cc(=O)c(=O)[nH]c2c1. The number of aromatic hydroxyl groups is 1. The Kier molecular flexibility index (Phi) is 2.95. The Balaban J connectivity index is 2.83. The summed E-state index contributed by atoms with van der Waals surface area (Å²) >= 11 is 0. The number of hydrogen-bond donors (Lipinski definition) is 2. The van der Waals surface area contributed by atoms with E-state index in [1.165, 1.54) is 0 Å². The number of aromatic nitrogens is 1. The fraction of sp³-hybridized carbons (Fsp3) is 0.231. The number of H-pyrrole nitrogens is 1.